The molecule has 0 saturated carbocycles. The zero-order valence-corrected chi connectivity index (χ0v) is 9.25. The summed E-state index contributed by atoms with van der Waals surface area (Å²) < 4.78 is 40.2. The van der Waals surface area contributed by atoms with Gasteiger partial charge in [0.2, 0.25) is 5.78 Å². The van der Waals surface area contributed by atoms with Crippen LogP contribution in [0, 0.1) is 6.92 Å². The summed E-state index contributed by atoms with van der Waals surface area (Å²) in [7, 11) is 0. The molecule has 0 unspecified atom stereocenters. The molecule has 0 radical (unpaired) electrons. The first-order valence-corrected chi connectivity index (χ1v) is 5.01. The van der Waals surface area contributed by atoms with E-state index < -0.39 is 17.4 Å². The third-order valence-corrected chi connectivity index (χ3v) is 2.52. The van der Waals surface area contributed by atoms with Crippen LogP contribution in [-0.2, 0) is 12.7 Å². The minimum atomic E-state index is -4.61. The number of imidazole rings is 1. The van der Waals surface area contributed by atoms with E-state index in [1.807, 2.05) is 0 Å². The lowest BCUT2D eigenvalue weighted by Crippen LogP contribution is -2.19. The molecule has 0 aliphatic heterocycles. The van der Waals surface area contributed by atoms with Crippen molar-refractivity contribution in [2.24, 2.45) is 0 Å². The number of hydrogen-bond acceptors (Lipinski definition) is 2. The van der Waals surface area contributed by atoms with Gasteiger partial charge in [-0.2, -0.15) is 13.2 Å². The van der Waals surface area contributed by atoms with Crippen LogP contribution in [0.25, 0.3) is 5.78 Å². The van der Waals surface area contributed by atoms with Gasteiger partial charge in [-0.3, -0.25) is 9.20 Å². The average molecular weight is 245 g/mol. The molecular weight excluding hydrogens is 235 g/mol. The first kappa shape index (κ1) is 11.7. The van der Waals surface area contributed by atoms with E-state index >= 15 is 0 Å². The van der Waals surface area contributed by atoms with Gasteiger partial charge in [0.25, 0.3) is 5.56 Å². The third-order valence-electron chi connectivity index (χ3n) is 2.52. The highest BCUT2D eigenvalue weighted by atomic mass is 19.4. The van der Waals surface area contributed by atoms with Crippen LogP contribution in [0.5, 0.6) is 0 Å². The van der Waals surface area contributed by atoms with Crippen molar-refractivity contribution < 1.29 is 13.2 Å². The zero-order chi connectivity index (χ0) is 12.8. The van der Waals surface area contributed by atoms with Gasteiger partial charge < -0.3 is 4.57 Å². The Balaban J connectivity index is 2.84. The van der Waals surface area contributed by atoms with Gasteiger partial charge in [0.1, 0.15) is 0 Å². The lowest BCUT2D eigenvalue weighted by molar-refractivity contribution is -0.141. The Kier molecular flexibility index (Phi) is 2.48. The summed E-state index contributed by atoms with van der Waals surface area (Å²) in [6.45, 7) is 3.94. The van der Waals surface area contributed by atoms with Crippen molar-refractivity contribution in [3.05, 3.63) is 34.0 Å². The second kappa shape index (κ2) is 3.61. The lowest BCUT2D eigenvalue weighted by Gasteiger charge is -2.07. The highest BCUT2D eigenvalue weighted by molar-refractivity contribution is 5.35. The molecule has 0 fully saturated rings. The van der Waals surface area contributed by atoms with Crippen LogP contribution >= 0.6 is 0 Å². The first-order valence-electron chi connectivity index (χ1n) is 5.01. The number of nitrogens with zero attached hydrogens (tertiary/aromatic N) is 3. The van der Waals surface area contributed by atoms with Crippen LogP contribution in [0.1, 0.15) is 18.3 Å². The minimum absolute atomic E-state index is 0.0184. The Hall–Kier alpha value is -1.79. The topological polar surface area (TPSA) is 39.3 Å². The second-order valence-electron chi connectivity index (χ2n) is 3.66. The molecule has 4 nitrogen and oxygen atoms in total. The predicted molar refractivity (Wildman–Crippen MR) is 54.9 cm³/mol. The van der Waals surface area contributed by atoms with Crippen molar-refractivity contribution in [1.82, 2.24) is 14.0 Å². The van der Waals surface area contributed by atoms with Gasteiger partial charge in [0.05, 0.1) is 0 Å². The van der Waals surface area contributed by atoms with Gasteiger partial charge in [-0.15, -0.1) is 0 Å². The van der Waals surface area contributed by atoms with Gasteiger partial charge in [0, 0.05) is 24.5 Å². The molecule has 0 amide bonds. The Bertz CT molecular complexity index is 624. The molecule has 0 N–H and O–H groups in total. The van der Waals surface area contributed by atoms with E-state index in [2.05, 4.69) is 4.98 Å². The number of hydrogen-bond donors (Lipinski definition) is 0. The molecule has 17 heavy (non-hydrogen) atoms. The molecule has 7 heteroatoms. The fourth-order valence-corrected chi connectivity index (χ4v) is 1.74. The summed E-state index contributed by atoms with van der Waals surface area (Å²) >= 11 is 0. The number of aromatic nitrogens is 3. The standard InChI is InChI=1S/C10H10F3N3O/c1-3-15-6(2)5-16-8(17)4-7(10(11,12)13)14-9(15)16/h4-5H,3H2,1-2H3. The van der Waals surface area contributed by atoms with Crippen LogP contribution in [0.3, 0.4) is 0 Å². The van der Waals surface area contributed by atoms with Gasteiger partial charge in [-0.1, -0.05) is 0 Å². The summed E-state index contributed by atoms with van der Waals surface area (Å²) in [5, 5.41) is 0. The molecule has 2 rings (SSSR count). The van der Waals surface area contributed by atoms with Crippen LogP contribution < -0.4 is 5.56 Å². The molecule has 0 aliphatic carbocycles. The van der Waals surface area contributed by atoms with Crippen molar-refractivity contribution >= 4 is 5.78 Å². The van der Waals surface area contributed by atoms with E-state index in [-0.39, 0.29) is 5.78 Å². The quantitative estimate of drug-likeness (QED) is 0.769. The van der Waals surface area contributed by atoms with Crippen molar-refractivity contribution in [3.63, 3.8) is 0 Å². The minimum Gasteiger partial charge on any atom is -0.314 e. The molecule has 2 heterocycles. The summed E-state index contributed by atoms with van der Waals surface area (Å²) in [6.07, 6.45) is -3.13. The van der Waals surface area contributed by atoms with Crippen LogP contribution in [0.2, 0.25) is 0 Å². The third kappa shape index (κ3) is 1.81. The highest BCUT2D eigenvalue weighted by Crippen LogP contribution is 2.26. The lowest BCUT2D eigenvalue weighted by atomic mass is 10.4. The molecule has 0 atom stereocenters. The van der Waals surface area contributed by atoms with E-state index in [9.17, 15) is 18.0 Å². The van der Waals surface area contributed by atoms with Crippen molar-refractivity contribution in [1.29, 1.82) is 0 Å². The SMILES string of the molecule is CCn1c(C)cn2c(=O)cc(C(F)(F)F)nc12. The van der Waals surface area contributed by atoms with E-state index in [0.29, 0.717) is 18.3 Å². The van der Waals surface area contributed by atoms with Crippen LogP contribution in [0.4, 0.5) is 13.2 Å². The number of rotatable bonds is 1. The van der Waals surface area contributed by atoms with Gasteiger partial charge in [-0.25, -0.2) is 4.98 Å². The molecule has 2 aromatic rings. The maximum absolute atomic E-state index is 12.5. The highest BCUT2D eigenvalue weighted by Gasteiger charge is 2.33. The van der Waals surface area contributed by atoms with Crippen LogP contribution in [-0.4, -0.2) is 14.0 Å². The Morgan fingerprint density at radius 3 is 2.59 bits per heavy atom. The molecular formula is C10H10F3N3O. The Morgan fingerprint density at radius 1 is 1.41 bits per heavy atom. The number of alkyl halides is 3. The number of aryl methyl sites for hydroxylation is 2. The molecule has 0 spiro atoms. The maximum atomic E-state index is 12.5. The van der Waals surface area contributed by atoms with E-state index in [4.69, 9.17) is 0 Å². The van der Waals surface area contributed by atoms with Crippen molar-refractivity contribution in [2.75, 3.05) is 0 Å². The molecule has 0 saturated heterocycles. The molecule has 0 aliphatic rings. The number of halogens is 3. The summed E-state index contributed by atoms with van der Waals surface area (Å²) in [4.78, 5) is 15.0. The predicted octanol–water partition coefficient (Wildman–Crippen LogP) is 1.84. The zero-order valence-electron chi connectivity index (χ0n) is 9.25. The van der Waals surface area contributed by atoms with Crippen LogP contribution in [0.15, 0.2) is 17.1 Å². The molecule has 2 aromatic heterocycles. The normalized spacial score (nSPS) is 12.3. The smallest absolute Gasteiger partial charge is 0.314 e. The fraction of sp³-hybridized carbons (Fsp3) is 0.400. The Labute approximate surface area is 94.3 Å². The Morgan fingerprint density at radius 2 is 2.06 bits per heavy atom. The summed E-state index contributed by atoms with van der Waals surface area (Å²) in [6, 6.07) is 0.506. The summed E-state index contributed by atoms with van der Waals surface area (Å²) in [5.41, 5.74) is -1.19. The first-order chi connectivity index (χ1) is 7.84. The summed E-state index contributed by atoms with van der Waals surface area (Å²) in [5.74, 6) is 0.0184. The van der Waals surface area contributed by atoms with Gasteiger partial charge in [-0.05, 0) is 13.8 Å². The molecule has 0 bridgehead atoms. The monoisotopic (exact) mass is 245 g/mol. The van der Waals surface area contributed by atoms with Crippen molar-refractivity contribution in [2.45, 2.75) is 26.6 Å². The molecule has 0 aromatic carbocycles. The molecule has 92 valence electrons. The van der Waals surface area contributed by atoms with E-state index in [1.165, 1.54) is 6.20 Å². The van der Waals surface area contributed by atoms with Crippen molar-refractivity contribution in [3.8, 4) is 0 Å². The fourth-order valence-electron chi connectivity index (χ4n) is 1.74. The van der Waals surface area contributed by atoms with E-state index in [1.54, 1.807) is 18.4 Å². The van der Waals surface area contributed by atoms with Gasteiger partial charge in [0.15, 0.2) is 5.69 Å². The average Bonchev–Trinajstić information content (AvgIpc) is 2.53. The maximum Gasteiger partial charge on any atom is 0.433 e. The largest absolute Gasteiger partial charge is 0.433 e. The second-order valence-corrected chi connectivity index (χ2v) is 3.66. The van der Waals surface area contributed by atoms with E-state index in [0.717, 1.165) is 4.40 Å². The number of fused-ring (bicyclic) bond motifs is 1. The van der Waals surface area contributed by atoms with Gasteiger partial charge >= 0.3 is 6.18 Å².